The minimum Gasteiger partial charge on any atom is -0.465 e. The molecule has 1 aromatic rings. The van der Waals surface area contributed by atoms with Gasteiger partial charge in [0.05, 0.1) is 17.0 Å². The Bertz CT molecular complexity index is 611. The van der Waals surface area contributed by atoms with Crippen LogP contribution in [0.3, 0.4) is 0 Å². The molecule has 1 aromatic heterocycles. The van der Waals surface area contributed by atoms with E-state index in [-0.39, 0.29) is 6.54 Å². The highest BCUT2D eigenvalue weighted by atomic mass is 19.3. The van der Waals surface area contributed by atoms with Crippen LogP contribution < -0.4 is 0 Å². The van der Waals surface area contributed by atoms with E-state index in [2.05, 4.69) is 5.10 Å². The monoisotopic (exact) mass is 318 g/mol. The van der Waals surface area contributed by atoms with Crippen LogP contribution in [-0.2, 0) is 0 Å². The van der Waals surface area contributed by atoms with E-state index in [0.29, 0.717) is 0 Å². The lowest BCUT2D eigenvalue weighted by Crippen LogP contribution is -2.63. The molecule has 22 heavy (non-hydrogen) atoms. The van der Waals surface area contributed by atoms with Crippen molar-refractivity contribution in [1.29, 1.82) is 0 Å². The topological polar surface area (TPSA) is 101 Å². The van der Waals surface area contributed by atoms with Crippen LogP contribution in [0, 0.1) is 15.5 Å². The average molecular weight is 318 g/mol. The first kappa shape index (κ1) is 16.1. The van der Waals surface area contributed by atoms with Crippen LogP contribution in [0.2, 0.25) is 0 Å². The first-order valence-corrected chi connectivity index (χ1v) is 6.55. The van der Waals surface area contributed by atoms with Crippen molar-refractivity contribution in [3.05, 3.63) is 22.0 Å². The highest BCUT2D eigenvalue weighted by Crippen LogP contribution is 2.42. The second-order valence-corrected chi connectivity index (χ2v) is 6.25. The van der Waals surface area contributed by atoms with Gasteiger partial charge in [-0.05, 0) is 5.41 Å². The molecule has 2 atom stereocenters. The Morgan fingerprint density at radius 1 is 1.55 bits per heavy atom. The molecule has 1 aliphatic heterocycles. The number of likely N-dealkylation sites (tertiary alicyclic amines) is 1. The molecule has 122 valence electrons. The summed E-state index contributed by atoms with van der Waals surface area (Å²) in [4.78, 5) is 22.3. The molecular weight excluding hydrogens is 302 g/mol. The van der Waals surface area contributed by atoms with Crippen molar-refractivity contribution in [2.24, 2.45) is 5.41 Å². The Kier molecular flexibility index (Phi) is 3.80. The van der Waals surface area contributed by atoms with Gasteiger partial charge in [0.25, 0.3) is 6.43 Å². The number of aromatic nitrogens is 2. The summed E-state index contributed by atoms with van der Waals surface area (Å²) < 4.78 is 26.8. The van der Waals surface area contributed by atoms with E-state index in [1.165, 1.54) is 4.90 Å². The Morgan fingerprint density at radius 3 is 2.50 bits per heavy atom. The highest BCUT2D eigenvalue weighted by Gasteiger charge is 2.50. The summed E-state index contributed by atoms with van der Waals surface area (Å²) >= 11 is 0. The van der Waals surface area contributed by atoms with Gasteiger partial charge in [-0.25, -0.2) is 13.6 Å². The summed E-state index contributed by atoms with van der Waals surface area (Å²) in [6, 6.07) is -1.02. The second-order valence-electron chi connectivity index (χ2n) is 6.25. The molecule has 0 radical (unpaired) electrons. The molecule has 1 amide bonds. The van der Waals surface area contributed by atoms with E-state index in [1.54, 1.807) is 0 Å². The smallest absolute Gasteiger partial charge is 0.407 e. The Morgan fingerprint density at radius 2 is 2.14 bits per heavy atom. The summed E-state index contributed by atoms with van der Waals surface area (Å²) in [7, 11) is 0. The fourth-order valence-corrected chi connectivity index (χ4v) is 2.82. The molecule has 0 saturated carbocycles. The van der Waals surface area contributed by atoms with Gasteiger partial charge in [0.2, 0.25) is 5.69 Å². The van der Waals surface area contributed by atoms with Crippen LogP contribution in [0.5, 0.6) is 0 Å². The van der Waals surface area contributed by atoms with Crippen molar-refractivity contribution < 1.29 is 23.6 Å². The number of nitrogens with zero attached hydrogens (tertiary/aromatic N) is 4. The predicted octanol–water partition coefficient (Wildman–Crippen LogP) is 2.68. The number of carbonyl (C=O) groups is 1. The van der Waals surface area contributed by atoms with Gasteiger partial charge in [-0.2, -0.15) is 5.10 Å². The number of hydrogen-bond acceptors (Lipinski definition) is 4. The minimum atomic E-state index is -3.06. The van der Waals surface area contributed by atoms with E-state index in [0.717, 1.165) is 10.9 Å². The van der Waals surface area contributed by atoms with E-state index in [9.17, 15) is 23.7 Å². The fraction of sp³-hybridized carbons (Fsp3) is 0.667. The average Bonchev–Trinajstić information content (AvgIpc) is 2.69. The van der Waals surface area contributed by atoms with Gasteiger partial charge in [0.1, 0.15) is 6.20 Å². The van der Waals surface area contributed by atoms with Gasteiger partial charge in [0.15, 0.2) is 0 Å². The molecule has 8 nitrogen and oxygen atoms in total. The molecule has 10 heteroatoms. The molecule has 1 fully saturated rings. The number of halogens is 2. The quantitative estimate of drug-likeness (QED) is 0.682. The number of rotatable bonds is 3. The maximum absolute atomic E-state index is 12.8. The first-order chi connectivity index (χ1) is 10.0. The third-order valence-corrected chi connectivity index (χ3v) is 3.70. The normalized spacial score (nSPS) is 21.8. The molecule has 0 bridgehead atoms. The molecule has 1 N–H and O–H groups in total. The maximum Gasteiger partial charge on any atom is 0.407 e. The number of amides is 1. The zero-order valence-electron chi connectivity index (χ0n) is 12.2. The molecule has 1 saturated heterocycles. The standard InChI is InChI=1S/C12H16F2N4O4/c1-12(2,3)9-7(4-16(9)11(19)20)17-5-6(18(21)22)8(15-17)10(13)14/h5,7,9-10H,4H2,1-3H3,(H,19,20). The van der Waals surface area contributed by atoms with E-state index >= 15 is 0 Å². The van der Waals surface area contributed by atoms with Gasteiger partial charge >= 0.3 is 11.8 Å². The van der Waals surface area contributed by atoms with Crippen LogP contribution >= 0.6 is 0 Å². The van der Waals surface area contributed by atoms with Crippen LogP contribution in [0.25, 0.3) is 0 Å². The van der Waals surface area contributed by atoms with E-state index in [4.69, 9.17) is 5.11 Å². The highest BCUT2D eigenvalue weighted by molar-refractivity contribution is 5.67. The molecular formula is C12H16F2N4O4. The van der Waals surface area contributed by atoms with Crippen LogP contribution in [0.1, 0.15) is 38.9 Å². The van der Waals surface area contributed by atoms with Gasteiger partial charge in [-0.1, -0.05) is 20.8 Å². The van der Waals surface area contributed by atoms with Crippen LogP contribution in [0.4, 0.5) is 19.3 Å². The van der Waals surface area contributed by atoms with Crippen molar-refractivity contribution in [2.75, 3.05) is 6.54 Å². The van der Waals surface area contributed by atoms with Gasteiger partial charge in [-0.3, -0.25) is 14.8 Å². The van der Waals surface area contributed by atoms with Crippen LogP contribution in [0.15, 0.2) is 6.20 Å². The van der Waals surface area contributed by atoms with Gasteiger partial charge in [0, 0.05) is 6.54 Å². The summed E-state index contributed by atoms with van der Waals surface area (Å²) in [5, 5.41) is 23.6. The zero-order valence-corrected chi connectivity index (χ0v) is 12.2. The number of alkyl halides is 2. The largest absolute Gasteiger partial charge is 0.465 e. The van der Waals surface area contributed by atoms with Crippen molar-refractivity contribution in [1.82, 2.24) is 14.7 Å². The first-order valence-electron chi connectivity index (χ1n) is 6.55. The molecule has 0 aliphatic carbocycles. The molecule has 0 spiro atoms. The number of carboxylic acid groups (broad SMARTS) is 1. The Labute approximate surface area is 124 Å². The number of hydrogen-bond donors (Lipinski definition) is 1. The van der Waals surface area contributed by atoms with Crippen molar-refractivity contribution in [3.63, 3.8) is 0 Å². The second kappa shape index (κ2) is 5.18. The summed E-state index contributed by atoms with van der Waals surface area (Å²) in [6.07, 6.45) is -3.23. The Hall–Kier alpha value is -2.26. The molecule has 2 unspecified atom stereocenters. The van der Waals surface area contributed by atoms with Crippen molar-refractivity contribution >= 4 is 11.8 Å². The van der Waals surface area contributed by atoms with Gasteiger partial charge in [-0.15, -0.1) is 0 Å². The molecule has 0 aromatic carbocycles. The third kappa shape index (κ3) is 2.60. The summed E-state index contributed by atoms with van der Waals surface area (Å²) in [5.74, 6) is 0. The molecule has 2 heterocycles. The van der Waals surface area contributed by atoms with Gasteiger partial charge < -0.3 is 10.0 Å². The van der Waals surface area contributed by atoms with E-state index < -0.39 is 46.3 Å². The molecule has 1 aliphatic rings. The zero-order chi connectivity index (χ0) is 16.8. The fourth-order valence-electron chi connectivity index (χ4n) is 2.82. The van der Waals surface area contributed by atoms with Crippen molar-refractivity contribution in [2.45, 2.75) is 39.3 Å². The maximum atomic E-state index is 12.8. The lowest BCUT2D eigenvalue weighted by molar-refractivity contribution is -0.386. The lowest BCUT2D eigenvalue weighted by atomic mass is 9.76. The van der Waals surface area contributed by atoms with Crippen LogP contribution in [-0.4, -0.2) is 43.4 Å². The minimum absolute atomic E-state index is 0.0543. The summed E-state index contributed by atoms with van der Waals surface area (Å²) in [6.45, 7) is 5.49. The van der Waals surface area contributed by atoms with Crippen molar-refractivity contribution in [3.8, 4) is 0 Å². The molecule has 2 rings (SSSR count). The lowest BCUT2D eigenvalue weighted by Gasteiger charge is -2.52. The SMILES string of the molecule is CC(C)(C)C1C(n2cc([N+](=O)[O-])c(C(F)F)n2)CN1C(=O)O. The predicted molar refractivity (Wildman–Crippen MR) is 70.8 cm³/mol. The third-order valence-electron chi connectivity index (χ3n) is 3.70. The number of nitro groups is 1. The Balaban J connectivity index is 2.38. The van der Waals surface area contributed by atoms with E-state index in [1.807, 2.05) is 20.8 Å². The summed E-state index contributed by atoms with van der Waals surface area (Å²) in [5.41, 5.74) is -2.12.